The van der Waals surface area contributed by atoms with Gasteiger partial charge in [0, 0.05) is 5.56 Å². The van der Waals surface area contributed by atoms with Crippen LogP contribution in [-0.2, 0) is 9.53 Å². The minimum absolute atomic E-state index is 0.190. The van der Waals surface area contributed by atoms with E-state index in [2.05, 4.69) is 0 Å². The highest BCUT2D eigenvalue weighted by molar-refractivity contribution is 7.07. The number of aromatic nitrogens is 1. The molecule has 0 spiro atoms. The lowest BCUT2D eigenvalue weighted by atomic mass is 9.93. The van der Waals surface area contributed by atoms with E-state index < -0.39 is 12.0 Å². The number of nitrogens with zero attached hydrogens (tertiary/aromatic N) is 2. The first-order valence-corrected chi connectivity index (χ1v) is 12.9. The van der Waals surface area contributed by atoms with Crippen molar-refractivity contribution in [3.05, 3.63) is 121 Å². The van der Waals surface area contributed by atoms with Crippen LogP contribution in [0.5, 0.6) is 11.5 Å². The molecule has 0 amide bonds. The van der Waals surface area contributed by atoms with Crippen molar-refractivity contribution in [1.82, 2.24) is 4.57 Å². The smallest absolute Gasteiger partial charge is 0.338 e. The number of carbonyl (C=O) groups is 1. The van der Waals surface area contributed by atoms with Crippen molar-refractivity contribution >= 4 is 29.1 Å². The number of hydrogen-bond acceptors (Lipinski definition) is 7. The van der Waals surface area contributed by atoms with Crippen LogP contribution < -0.4 is 24.4 Å². The molecule has 4 aromatic rings. The Kier molecular flexibility index (Phi) is 7.24. The fraction of sp³-hybridized carbons (Fsp3) is 0.167. The quantitative estimate of drug-likeness (QED) is 0.341. The predicted molar refractivity (Wildman–Crippen MR) is 147 cm³/mol. The Hall–Kier alpha value is -4.43. The van der Waals surface area contributed by atoms with Crippen LogP contribution in [0.1, 0.15) is 29.7 Å². The largest absolute Gasteiger partial charge is 0.497 e. The molecule has 38 heavy (non-hydrogen) atoms. The minimum atomic E-state index is -0.761. The molecule has 8 heteroatoms. The van der Waals surface area contributed by atoms with E-state index in [1.54, 1.807) is 25.7 Å². The van der Waals surface area contributed by atoms with E-state index in [1.165, 1.54) is 11.3 Å². The molecule has 1 atom stereocenters. The average Bonchev–Trinajstić information content (AvgIpc) is 3.27. The number of hydrogen-bond donors (Lipinski definition) is 0. The van der Waals surface area contributed by atoms with Gasteiger partial charge in [-0.15, -0.1) is 0 Å². The zero-order valence-corrected chi connectivity index (χ0v) is 22.0. The van der Waals surface area contributed by atoms with Crippen LogP contribution in [0.4, 0.5) is 0 Å². The zero-order valence-electron chi connectivity index (χ0n) is 21.2. The van der Waals surface area contributed by atoms with E-state index in [0.29, 0.717) is 37.7 Å². The average molecular weight is 527 g/mol. The van der Waals surface area contributed by atoms with Crippen LogP contribution in [0.3, 0.4) is 0 Å². The molecule has 1 aliphatic heterocycles. The summed E-state index contributed by atoms with van der Waals surface area (Å²) in [5.74, 6) is 0.782. The van der Waals surface area contributed by atoms with Crippen LogP contribution in [0.15, 0.2) is 94.2 Å². The lowest BCUT2D eigenvalue weighted by Crippen LogP contribution is -2.40. The number of benzene rings is 3. The number of ether oxygens (including phenoxy) is 3. The number of methoxy groups -OCH3 is 2. The molecule has 0 bridgehead atoms. The summed E-state index contributed by atoms with van der Waals surface area (Å²) in [6.45, 7) is 1.94. The maximum absolute atomic E-state index is 13.9. The van der Waals surface area contributed by atoms with E-state index in [1.807, 2.05) is 84.9 Å². The van der Waals surface area contributed by atoms with Gasteiger partial charge in [-0.05, 0) is 48.4 Å². The summed E-state index contributed by atoms with van der Waals surface area (Å²) in [5.41, 5.74) is 2.81. The second-order valence-electron chi connectivity index (χ2n) is 8.48. The highest BCUT2D eigenvalue weighted by atomic mass is 32.1. The zero-order chi connectivity index (χ0) is 26.6. The molecule has 3 aromatic carbocycles. The Morgan fingerprint density at radius 3 is 2.39 bits per heavy atom. The Labute approximate surface area is 223 Å². The van der Waals surface area contributed by atoms with E-state index in [4.69, 9.17) is 19.2 Å². The Balaban J connectivity index is 1.83. The molecule has 0 saturated heterocycles. The van der Waals surface area contributed by atoms with Gasteiger partial charge >= 0.3 is 5.97 Å². The molecule has 0 N–H and O–H groups in total. The predicted octanol–water partition coefficient (Wildman–Crippen LogP) is 3.95. The molecule has 192 valence electrons. The van der Waals surface area contributed by atoms with Crippen LogP contribution >= 0.6 is 11.3 Å². The Morgan fingerprint density at radius 2 is 1.68 bits per heavy atom. The molecule has 1 aromatic heterocycles. The van der Waals surface area contributed by atoms with Crippen molar-refractivity contribution in [3.8, 4) is 11.5 Å². The molecular formula is C30H26N2O5S. The van der Waals surface area contributed by atoms with Gasteiger partial charge in [-0.3, -0.25) is 9.36 Å². The van der Waals surface area contributed by atoms with E-state index in [0.717, 1.165) is 11.1 Å². The van der Waals surface area contributed by atoms with Crippen LogP contribution in [-0.4, -0.2) is 31.4 Å². The summed E-state index contributed by atoms with van der Waals surface area (Å²) in [4.78, 5) is 32.8. The monoisotopic (exact) mass is 526 g/mol. The molecule has 0 unspecified atom stereocenters. The third-order valence-corrected chi connectivity index (χ3v) is 7.16. The summed E-state index contributed by atoms with van der Waals surface area (Å²) in [6.07, 6.45) is 1.81. The molecule has 2 heterocycles. The highest BCUT2D eigenvalue weighted by Gasteiger charge is 2.35. The van der Waals surface area contributed by atoms with Gasteiger partial charge in [0.25, 0.3) is 5.56 Å². The number of fused-ring (bicyclic) bond motifs is 1. The molecular weight excluding hydrogens is 500 g/mol. The van der Waals surface area contributed by atoms with Gasteiger partial charge < -0.3 is 14.2 Å². The van der Waals surface area contributed by atoms with Gasteiger partial charge in [0.05, 0.1) is 42.7 Å². The van der Waals surface area contributed by atoms with Gasteiger partial charge in [-0.1, -0.05) is 65.9 Å². The molecule has 0 fully saturated rings. The summed E-state index contributed by atoms with van der Waals surface area (Å²) < 4.78 is 18.4. The van der Waals surface area contributed by atoms with Crippen molar-refractivity contribution < 1.29 is 19.0 Å². The van der Waals surface area contributed by atoms with Crippen LogP contribution in [0.25, 0.3) is 11.8 Å². The normalized spacial score (nSPS) is 15.0. The van der Waals surface area contributed by atoms with Crippen molar-refractivity contribution in [1.29, 1.82) is 0 Å². The number of thiazole rings is 1. The van der Waals surface area contributed by atoms with E-state index in [9.17, 15) is 9.59 Å². The fourth-order valence-corrected chi connectivity index (χ4v) is 5.45. The van der Waals surface area contributed by atoms with Crippen LogP contribution in [0, 0.1) is 0 Å². The van der Waals surface area contributed by atoms with Crippen LogP contribution in [0.2, 0.25) is 0 Å². The van der Waals surface area contributed by atoms with Gasteiger partial charge in [0.2, 0.25) is 0 Å². The lowest BCUT2D eigenvalue weighted by molar-refractivity contribution is -0.138. The van der Waals surface area contributed by atoms with Crippen molar-refractivity contribution in [2.75, 3.05) is 20.8 Å². The van der Waals surface area contributed by atoms with Crippen molar-refractivity contribution in [3.63, 3.8) is 0 Å². The van der Waals surface area contributed by atoms with Gasteiger partial charge in [0.15, 0.2) is 4.80 Å². The fourth-order valence-electron chi connectivity index (χ4n) is 4.45. The molecule has 7 nitrogen and oxygen atoms in total. The molecule has 5 rings (SSSR count). The summed E-state index contributed by atoms with van der Waals surface area (Å²) in [7, 11) is 3.18. The van der Waals surface area contributed by atoms with E-state index in [-0.39, 0.29) is 12.2 Å². The maximum atomic E-state index is 13.9. The van der Waals surface area contributed by atoms with Gasteiger partial charge in [-0.2, -0.15) is 0 Å². The Morgan fingerprint density at radius 1 is 0.974 bits per heavy atom. The standard InChI is InChI=1S/C30H26N2O5S/c1-4-37-29(34)25-26(20-11-6-5-7-12-20)31-30-32(27(25)21-13-9-15-23(18-21)36-3)28(33)24(38-30)17-19-10-8-14-22(16-19)35-2/h5-18,27H,4H2,1-3H3/b24-17+/t27-/m1/s1. The third kappa shape index (κ3) is 4.78. The number of esters is 1. The van der Waals surface area contributed by atoms with Gasteiger partial charge in [0.1, 0.15) is 11.5 Å². The summed E-state index contributed by atoms with van der Waals surface area (Å²) in [6, 6.07) is 23.5. The third-order valence-electron chi connectivity index (χ3n) is 6.17. The first-order chi connectivity index (χ1) is 18.5. The molecule has 0 aliphatic carbocycles. The second-order valence-corrected chi connectivity index (χ2v) is 9.49. The molecule has 1 aliphatic rings. The number of rotatable bonds is 7. The highest BCUT2D eigenvalue weighted by Crippen LogP contribution is 2.36. The lowest BCUT2D eigenvalue weighted by Gasteiger charge is -2.26. The van der Waals surface area contributed by atoms with E-state index >= 15 is 0 Å². The Bertz CT molecular complexity index is 1700. The maximum Gasteiger partial charge on any atom is 0.338 e. The first-order valence-electron chi connectivity index (χ1n) is 12.1. The SMILES string of the molecule is CCOC(=O)C1=C(c2ccccc2)N=c2s/c(=C/c3cccc(OC)c3)c(=O)n2[C@@H]1c1cccc(OC)c1. The minimum Gasteiger partial charge on any atom is -0.497 e. The summed E-state index contributed by atoms with van der Waals surface area (Å²) in [5, 5.41) is 0. The second kappa shape index (κ2) is 10.9. The van der Waals surface area contributed by atoms with Gasteiger partial charge in [-0.25, -0.2) is 9.79 Å². The molecule has 0 radical (unpaired) electrons. The number of carbonyl (C=O) groups excluding carboxylic acids is 1. The van der Waals surface area contributed by atoms with Crippen molar-refractivity contribution in [2.45, 2.75) is 13.0 Å². The van der Waals surface area contributed by atoms with Crippen molar-refractivity contribution in [2.24, 2.45) is 4.99 Å². The summed E-state index contributed by atoms with van der Waals surface area (Å²) >= 11 is 1.27. The topological polar surface area (TPSA) is 79.1 Å². The molecule has 0 saturated carbocycles. The first kappa shape index (κ1) is 25.2.